The zero-order chi connectivity index (χ0) is 15.6. The molecule has 0 aromatic carbocycles. The number of morpholine rings is 1. The normalized spacial score (nSPS) is 20.5. The number of hydrogen-bond acceptors (Lipinski definition) is 6. The third-order valence-corrected chi connectivity index (χ3v) is 6.82. The summed E-state index contributed by atoms with van der Waals surface area (Å²) in [5, 5.41) is 7.61. The van der Waals surface area contributed by atoms with Gasteiger partial charge in [0.05, 0.1) is 13.2 Å². The van der Waals surface area contributed by atoms with Crippen LogP contribution < -0.4 is 10.6 Å². The van der Waals surface area contributed by atoms with Crippen LogP contribution in [-0.2, 0) is 14.8 Å². The van der Waals surface area contributed by atoms with Gasteiger partial charge in [-0.2, -0.15) is 4.31 Å². The number of nitrogens with one attached hydrogen (secondary N) is 2. The Bertz CT molecular complexity index is 633. The number of carbonyl (C=O) groups is 1. The number of thiophene rings is 1. The minimum absolute atomic E-state index is 0.101. The van der Waals surface area contributed by atoms with E-state index in [4.69, 9.17) is 4.74 Å². The molecule has 0 saturated carbocycles. The van der Waals surface area contributed by atoms with E-state index < -0.39 is 10.0 Å². The summed E-state index contributed by atoms with van der Waals surface area (Å²) in [4.78, 5) is 12.6. The molecule has 9 heteroatoms. The molecular weight excluding hydrogens is 326 g/mol. The molecule has 0 atom stereocenters. The lowest BCUT2D eigenvalue weighted by Crippen LogP contribution is -2.48. The summed E-state index contributed by atoms with van der Waals surface area (Å²) in [7, 11) is -3.63. The number of hydrogen-bond donors (Lipinski definition) is 2. The van der Waals surface area contributed by atoms with E-state index in [1.807, 2.05) is 0 Å². The third-order valence-electron chi connectivity index (χ3n) is 3.84. The summed E-state index contributed by atoms with van der Waals surface area (Å²) in [6.07, 6.45) is 0. The van der Waals surface area contributed by atoms with Crippen molar-refractivity contribution in [2.24, 2.45) is 5.92 Å². The molecule has 0 unspecified atom stereocenters. The highest BCUT2D eigenvalue weighted by Gasteiger charge is 2.31. The van der Waals surface area contributed by atoms with E-state index in [0.717, 1.165) is 24.4 Å². The maximum Gasteiger partial charge on any atom is 0.262 e. The van der Waals surface area contributed by atoms with Crippen molar-refractivity contribution in [2.45, 2.75) is 4.90 Å². The van der Waals surface area contributed by atoms with Gasteiger partial charge in [-0.15, -0.1) is 11.3 Å². The second-order valence-electron chi connectivity index (χ2n) is 5.36. The Labute approximate surface area is 133 Å². The van der Waals surface area contributed by atoms with E-state index in [2.05, 4.69) is 10.6 Å². The molecule has 0 spiro atoms. The number of sulfonamides is 1. The van der Waals surface area contributed by atoms with Crippen LogP contribution in [0, 0.1) is 5.92 Å². The molecule has 3 heterocycles. The van der Waals surface area contributed by atoms with Crippen LogP contribution in [0.4, 0.5) is 0 Å². The minimum atomic E-state index is -3.63. The minimum Gasteiger partial charge on any atom is -0.379 e. The molecule has 2 fully saturated rings. The molecule has 7 nitrogen and oxygen atoms in total. The highest BCUT2D eigenvalue weighted by Crippen LogP contribution is 2.25. The predicted molar refractivity (Wildman–Crippen MR) is 82.6 cm³/mol. The first-order chi connectivity index (χ1) is 10.6. The van der Waals surface area contributed by atoms with Gasteiger partial charge in [0, 0.05) is 38.6 Å². The molecular formula is C13H19N3O4S2. The van der Waals surface area contributed by atoms with Crippen LogP contribution in [0.15, 0.2) is 16.3 Å². The van der Waals surface area contributed by atoms with Gasteiger partial charge in [0.25, 0.3) is 5.91 Å². The maximum absolute atomic E-state index is 12.7. The molecule has 0 aliphatic carbocycles. The summed E-state index contributed by atoms with van der Waals surface area (Å²) in [5.41, 5.74) is 0. The summed E-state index contributed by atoms with van der Waals surface area (Å²) in [6, 6.07) is 1.51. The van der Waals surface area contributed by atoms with E-state index in [1.54, 1.807) is 5.38 Å². The maximum atomic E-state index is 12.7. The molecule has 1 amide bonds. The standard InChI is InChI=1S/C13H19N3O4S2/c17-13(15-9-10-7-14-8-10)12-11(1-6-21-12)22(18,19)16-2-4-20-5-3-16/h1,6,10,14H,2-5,7-9H2,(H,15,17). The summed E-state index contributed by atoms with van der Waals surface area (Å²) < 4.78 is 31.9. The van der Waals surface area contributed by atoms with Gasteiger partial charge >= 0.3 is 0 Å². The Morgan fingerprint density at radius 3 is 2.77 bits per heavy atom. The lowest BCUT2D eigenvalue weighted by Gasteiger charge is -2.27. The predicted octanol–water partition coefficient (Wildman–Crippen LogP) is -0.282. The Balaban J connectivity index is 1.73. The molecule has 2 aliphatic heterocycles. The van der Waals surface area contributed by atoms with E-state index in [9.17, 15) is 13.2 Å². The Hall–Kier alpha value is -1.00. The molecule has 1 aromatic rings. The summed E-state index contributed by atoms with van der Waals surface area (Å²) >= 11 is 1.16. The Morgan fingerprint density at radius 1 is 1.41 bits per heavy atom. The Kier molecular flexibility index (Phi) is 4.79. The van der Waals surface area contributed by atoms with Crippen molar-refractivity contribution >= 4 is 27.3 Å². The van der Waals surface area contributed by atoms with Crippen LogP contribution in [0.5, 0.6) is 0 Å². The molecule has 1 aromatic heterocycles. The van der Waals surface area contributed by atoms with Gasteiger partial charge in [-0.05, 0) is 11.4 Å². The van der Waals surface area contributed by atoms with E-state index in [1.165, 1.54) is 10.4 Å². The monoisotopic (exact) mass is 345 g/mol. The molecule has 2 saturated heterocycles. The van der Waals surface area contributed by atoms with Crippen LogP contribution in [0.2, 0.25) is 0 Å². The fraction of sp³-hybridized carbons (Fsp3) is 0.615. The van der Waals surface area contributed by atoms with Crippen LogP contribution in [-0.4, -0.2) is 64.6 Å². The lowest BCUT2D eigenvalue weighted by molar-refractivity contribution is 0.0730. The van der Waals surface area contributed by atoms with E-state index >= 15 is 0 Å². The average molecular weight is 345 g/mol. The topological polar surface area (TPSA) is 87.7 Å². The fourth-order valence-electron chi connectivity index (χ4n) is 2.40. The van der Waals surface area contributed by atoms with Crippen molar-refractivity contribution < 1.29 is 17.9 Å². The number of nitrogens with zero attached hydrogens (tertiary/aromatic N) is 1. The first-order valence-corrected chi connectivity index (χ1v) is 9.55. The van der Waals surface area contributed by atoms with Gasteiger partial charge in [-0.25, -0.2) is 8.42 Å². The largest absolute Gasteiger partial charge is 0.379 e. The van der Waals surface area contributed by atoms with Gasteiger partial charge in [-0.1, -0.05) is 0 Å². The number of rotatable bonds is 5. The fourth-order valence-corrected chi connectivity index (χ4v) is 5.13. The van der Waals surface area contributed by atoms with Gasteiger partial charge < -0.3 is 15.4 Å². The summed E-state index contributed by atoms with van der Waals surface area (Å²) in [5.74, 6) is 0.122. The first kappa shape index (κ1) is 15.9. The van der Waals surface area contributed by atoms with Crippen molar-refractivity contribution in [2.75, 3.05) is 45.9 Å². The van der Waals surface area contributed by atoms with Gasteiger partial charge in [-0.3, -0.25) is 4.79 Å². The van der Waals surface area contributed by atoms with Crippen LogP contribution in [0.1, 0.15) is 9.67 Å². The highest BCUT2D eigenvalue weighted by atomic mass is 32.2. The van der Waals surface area contributed by atoms with Gasteiger partial charge in [0.15, 0.2) is 0 Å². The number of carbonyl (C=O) groups excluding carboxylic acids is 1. The average Bonchev–Trinajstić information content (AvgIpc) is 2.96. The van der Waals surface area contributed by atoms with E-state index in [0.29, 0.717) is 38.8 Å². The van der Waals surface area contributed by atoms with Crippen LogP contribution in [0.25, 0.3) is 0 Å². The van der Waals surface area contributed by atoms with Crippen molar-refractivity contribution in [3.05, 3.63) is 16.3 Å². The zero-order valence-corrected chi connectivity index (χ0v) is 13.7. The Morgan fingerprint density at radius 2 is 2.14 bits per heavy atom. The SMILES string of the molecule is O=C(NCC1CNC1)c1sccc1S(=O)(=O)N1CCOCC1. The van der Waals surface area contributed by atoms with Gasteiger partial charge in [0.1, 0.15) is 9.77 Å². The third kappa shape index (κ3) is 3.18. The second kappa shape index (κ2) is 6.63. The van der Waals surface area contributed by atoms with Crippen molar-refractivity contribution in [3.63, 3.8) is 0 Å². The molecule has 2 N–H and O–H groups in total. The second-order valence-corrected chi connectivity index (χ2v) is 8.19. The van der Waals surface area contributed by atoms with E-state index in [-0.39, 0.29) is 15.7 Å². The first-order valence-electron chi connectivity index (χ1n) is 7.23. The zero-order valence-electron chi connectivity index (χ0n) is 12.1. The highest BCUT2D eigenvalue weighted by molar-refractivity contribution is 7.89. The number of ether oxygens (including phenoxy) is 1. The summed E-state index contributed by atoms with van der Waals surface area (Å²) in [6.45, 7) is 3.78. The molecule has 122 valence electrons. The van der Waals surface area contributed by atoms with Crippen molar-refractivity contribution in [3.8, 4) is 0 Å². The van der Waals surface area contributed by atoms with Gasteiger partial charge in [0.2, 0.25) is 10.0 Å². The molecule has 0 radical (unpaired) electrons. The molecule has 0 bridgehead atoms. The van der Waals surface area contributed by atoms with Crippen molar-refractivity contribution in [1.82, 2.24) is 14.9 Å². The van der Waals surface area contributed by atoms with Crippen molar-refractivity contribution in [1.29, 1.82) is 0 Å². The lowest BCUT2D eigenvalue weighted by atomic mass is 10.0. The van der Waals surface area contributed by atoms with Crippen LogP contribution >= 0.6 is 11.3 Å². The quantitative estimate of drug-likeness (QED) is 0.766. The molecule has 2 aliphatic rings. The molecule has 22 heavy (non-hydrogen) atoms. The number of amides is 1. The molecule has 3 rings (SSSR count). The van der Waals surface area contributed by atoms with Crippen LogP contribution in [0.3, 0.4) is 0 Å². The smallest absolute Gasteiger partial charge is 0.262 e.